The first-order chi connectivity index (χ1) is 10.1. The molecule has 0 bridgehead atoms. The van der Waals surface area contributed by atoms with E-state index in [1.165, 1.54) is 71.5 Å². The highest BCUT2D eigenvalue weighted by Gasteiger charge is 2.33. The number of rotatable bonds is 4. The Morgan fingerprint density at radius 2 is 1.62 bits per heavy atom. The molecule has 5 heteroatoms. The van der Waals surface area contributed by atoms with E-state index in [0.29, 0.717) is 6.04 Å². The second-order valence-electron chi connectivity index (χ2n) is 7.53. The molecule has 3 rings (SSSR count). The van der Waals surface area contributed by atoms with Crippen LogP contribution in [0.25, 0.3) is 0 Å². The number of hydrazine groups is 1. The van der Waals surface area contributed by atoms with Crippen LogP contribution in [0.2, 0.25) is 0 Å². The molecule has 0 atom stereocenters. The Labute approximate surface area is 130 Å². The van der Waals surface area contributed by atoms with Gasteiger partial charge in [-0.3, -0.25) is 10.7 Å². The second kappa shape index (κ2) is 6.92. The number of piperidine rings is 1. The van der Waals surface area contributed by atoms with Gasteiger partial charge < -0.3 is 9.80 Å². The zero-order valence-corrected chi connectivity index (χ0v) is 13.9. The number of likely N-dealkylation sites (tertiary alicyclic amines) is 1. The third kappa shape index (κ3) is 3.96. The standard InChI is InChI=1S/C16H33N5/c1-18-5-3-15(4-6-18)21-9-7-20(8-10-21)13-14-11-16(12-14)19(2)17/h14-16H,3-13,17H2,1-2H3. The molecule has 2 heterocycles. The van der Waals surface area contributed by atoms with E-state index in [4.69, 9.17) is 5.84 Å². The minimum atomic E-state index is 0.635. The van der Waals surface area contributed by atoms with Gasteiger partial charge in [0, 0.05) is 51.9 Å². The van der Waals surface area contributed by atoms with E-state index in [9.17, 15) is 0 Å². The highest BCUT2D eigenvalue weighted by Crippen LogP contribution is 2.31. The van der Waals surface area contributed by atoms with E-state index < -0.39 is 0 Å². The molecule has 3 aliphatic rings. The maximum absolute atomic E-state index is 5.81. The Hall–Kier alpha value is -0.200. The first-order valence-corrected chi connectivity index (χ1v) is 8.74. The molecule has 2 aliphatic heterocycles. The predicted molar refractivity (Wildman–Crippen MR) is 87.0 cm³/mol. The van der Waals surface area contributed by atoms with Crippen molar-refractivity contribution in [2.45, 2.75) is 37.8 Å². The molecule has 2 saturated heterocycles. The van der Waals surface area contributed by atoms with Crippen LogP contribution in [-0.2, 0) is 0 Å². The van der Waals surface area contributed by atoms with Gasteiger partial charge in [-0.2, -0.15) is 0 Å². The quantitative estimate of drug-likeness (QED) is 0.596. The number of piperazine rings is 1. The molecule has 0 aromatic rings. The fourth-order valence-electron chi connectivity index (χ4n) is 4.22. The zero-order chi connectivity index (χ0) is 14.8. The lowest BCUT2D eigenvalue weighted by atomic mass is 9.79. The summed E-state index contributed by atoms with van der Waals surface area (Å²) in [5.41, 5.74) is 0. The Bertz CT molecular complexity index is 313. The number of hydrogen-bond acceptors (Lipinski definition) is 5. The molecule has 2 N–H and O–H groups in total. The van der Waals surface area contributed by atoms with Crippen molar-refractivity contribution in [3.63, 3.8) is 0 Å². The molecule has 0 amide bonds. The van der Waals surface area contributed by atoms with E-state index in [0.717, 1.165) is 12.0 Å². The summed E-state index contributed by atoms with van der Waals surface area (Å²) in [6.07, 6.45) is 5.32. The monoisotopic (exact) mass is 295 g/mol. The van der Waals surface area contributed by atoms with Gasteiger partial charge in [0.15, 0.2) is 0 Å². The van der Waals surface area contributed by atoms with Crippen LogP contribution < -0.4 is 5.84 Å². The molecule has 5 nitrogen and oxygen atoms in total. The second-order valence-corrected chi connectivity index (χ2v) is 7.53. The smallest absolute Gasteiger partial charge is 0.0244 e. The molecule has 3 fully saturated rings. The van der Waals surface area contributed by atoms with E-state index in [2.05, 4.69) is 21.7 Å². The van der Waals surface area contributed by atoms with Crippen LogP contribution in [0.5, 0.6) is 0 Å². The minimum absolute atomic E-state index is 0.635. The van der Waals surface area contributed by atoms with Crippen LogP contribution >= 0.6 is 0 Å². The van der Waals surface area contributed by atoms with Crippen LogP contribution in [0.15, 0.2) is 0 Å². The van der Waals surface area contributed by atoms with Crippen LogP contribution in [0.1, 0.15) is 25.7 Å². The number of hydrogen-bond donors (Lipinski definition) is 1. The lowest BCUT2D eigenvalue weighted by Gasteiger charge is -2.45. The van der Waals surface area contributed by atoms with Crippen molar-refractivity contribution in [3.05, 3.63) is 0 Å². The molecule has 0 aromatic carbocycles. The molecule has 0 aromatic heterocycles. The average Bonchev–Trinajstić information content (AvgIpc) is 2.43. The van der Waals surface area contributed by atoms with E-state index in [1.807, 2.05) is 12.1 Å². The van der Waals surface area contributed by atoms with Crippen molar-refractivity contribution in [2.75, 3.05) is 59.9 Å². The molecular weight excluding hydrogens is 262 g/mol. The zero-order valence-electron chi connectivity index (χ0n) is 13.9. The van der Waals surface area contributed by atoms with Gasteiger partial charge in [0.1, 0.15) is 0 Å². The highest BCUT2D eigenvalue weighted by atomic mass is 15.4. The van der Waals surface area contributed by atoms with Gasteiger partial charge in [-0.1, -0.05) is 0 Å². The van der Waals surface area contributed by atoms with Crippen molar-refractivity contribution in [1.82, 2.24) is 19.7 Å². The van der Waals surface area contributed by atoms with E-state index in [1.54, 1.807) is 0 Å². The maximum atomic E-state index is 5.81. The van der Waals surface area contributed by atoms with Crippen molar-refractivity contribution in [3.8, 4) is 0 Å². The minimum Gasteiger partial charge on any atom is -0.306 e. The van der Waals surface area contributed by atoms with Gasteiger partial charge in [-0.15, -0.1) is 0 Å². The summed E-state index contributed by atoms with van der Waals surface area (Å²) in [4.78, 5) is 7.90. The Balaban J connectivity index is 1.34. The lowest BCUT2D eigenvalue weighted by Crippen LogP contribution is -2.55. The van der Waals surface area contributed by atoms with Crippen molar-refractivity contribution in [2.24, 2.45) is 11.8 Å². The van der Waals surface area contributed by atoms with Crippen LogP contribution in [0.4, 0.5) is 0 Å². The van der Waals surface area contributed by atoms with Crippen LogP contribution in [0.3, 0.4) is 0 Å². The van der Waals surface area contributed by atoms with Crippen LogP contribution in [0, 0.1) is 5.92 Å². The Kier molecular flexibility index (Phi) is 5.17. The summed E-state index contributed by atoms with van der Waals surface area (Å²) in [6, 6.07) is 1.48. The van der Waals surface area contributed by atoms with E-state index in [-0.39, 0.29) is 0 Å². The molecule has 0 radical (unpaired) electrons. The summed E-state index contributed by atoms with van der Waals surface area (Å²) in [7, 11) is 4.25. The number of nitrogens with two attached hydrogens (primary N) is 1. The highest BCUT2D eigenvalue weighted by molar-refractivity contribution is 4.88. The fourth-order valence-corrected chi connectivity index (χ4v) is 4.22. The van der Waals surface area contributed by atoms with Gasteiger partial charge in [-0.05, 0) is 51.7 Å². The van der Waals surface area contributed by atoms with Gasteiger partial charge >= 0.3 is 0 Å². The maximum Gasteiger partial charge on any atom is 0.0244 e. The molecule has 1 saturated carbocycles. The first-order valence-electron chi connectivity index (χ1n) is 8.74. The average molecular weight is 295 g/mol. The Morgan fingerprint density at radius 3 is 2.19 bits per heavy atom. The van der Waals surface area contributed by atoms with Gasteiger partial charge in [0.2, 0.25) is 0 Å². The molecule has 21 heavy (non-hydrogen) atoms. The summed E-state index contributed by atoms with van der Waals surface area (Å²) in [5, 5.41) is 1.90. The van der Waals surface area contributed by atoms with Gasteiger partial charge in [0.05, 0.1) is 0 Å². The Morgan fingerprint density at radius 1 is 1.00 bits per heavy atom. The van der Waals surface area contributed by atoms with Crippen LogP contribution in [-0.4, -0.2) is 91.7 Å². The largest absolute Gasteiger partial charge is 0.306 e. The normalized spacial score (nSPS) is 34.3. The fraction of sp³-hybridized carbons (Fsp3) is 1.00. The number of nitrogens with zero attached hydrogens (tertiary/aromatic N) is 4. The van der Waals surface area contributed by atoms with Crippen molar-refractivity contribution >= 4 is 0 Å². The van der Waals surface area contributed by atoms with Crippen molar-refractivity contribution < 1.29 is 0 Å². The van der Waals surface area contributed by atoms with Gasteiger partial charge in [0.25, 0.3) is 0 Å². The first kappa shape index (κ1) is 15.7. The summed E-state index contributed by atoms with van der Waals surface area (Å²) in [5.74, 6) is 6.70. The summed E-state index contributed by atoms with van der Waals surface area (Å²) in [6.45, 7) is 8.95. The summed E-state index contributed by atoms with van der Waals surface area (Å²) >= 11 is 0. The van der Waals surface area contributed by atoms with Gasteiger partial charge in [-0.25, -0.2) is 5.01 Å². The summed E-state index contributed by atoms with van der Waals surface area (Å²) < 4.78 is 0. The SMILES string of the molecule is CN1CCC(N2CCN(CC3CC(N(C)N)C3)CC2)CC1. The van der Waals surface area contributed by atoms with E-state index >= 15 is 0 Å². The topological polar surface area (TPSA) is 39.0 Å². The molecule has 0 spiro atoms. The molecule has 1 aliphatic carbocycles. The molecular formula is C16H33N5. The molecule has 0 unspecified atom stereocenters. The lowest BCUT2D eigenvalue weighted by molar-refractivity contribution is 0.0319. The van der Waals surface area contributed by atoms with Crippen molar-refractivity contribution in [1.29, 1.82) is 0 Å². The third-order valence-corrected chi connectivity index (χ3v) is 5.91. The predicted octanol–water partition coefficient (Wildman–Crippen LogP) is 0.282. The molecule has 122 valence electrons. The third-order valence-electron chi connectivity index (χ3n) is 5.91.